The Morgan fingerprint density at radius 1 is 1.35 bits per heavy atom. The van der Waals surface area contributed by atoms with E-state index < -0.39 is 0 Å². The fourth-order valence-corrected chi connectivity index (χ4v) is 2.57. The predicted octanol–water partition coefficient (Wildman–Crippen LogP) is 1.01. The molecule has 1 N–H and O–H groups in total. The van der Waals surface area contributed by atoms with E-state index in [1.54, 1.807) is 0 Å². The van der Waals surface area contributed by atoms with Crippen molar-refractivity contribution < 1.29 is 9.53 Å². The van der Waals surface area contributed by atoms with Gasteiger partial charge >= 0.3 is 0 Å². The van der Waals surface area contributed by atoms with E-state index in [0.29, 0.717) is 25.2 Å². The van der Waals surface area contributed by atoms with Crippen molar-refractivity contribution in [1.82, 2.24) is 10.2 Å². The minimum Gasteiger partial charge on any atom is -0.379 e. The molecule has 0 spiro atoms. The molecule has 0 aromatic heterocycles. The van der Waals surface area contributed by atoms with Crippen LogP contribution >= 0.6 is 0 Å². The van der Waals surface area contributed by atoms with Crippen molar-refractivity contribution in [3.8, 4) is 0 Å². The van der Waals surface area contributed by atoms with E-state index >= 15 is 0 Å². The second-order valence-electron chi connectivity index (χ2n) is 5.07. The molecule has 98 valence electrons. The van der Waals surface area contributed by atoms with Gasteiger partial charge in [0, 0.05) is 18.6 Å². The molecule has 1 saturated carbocycles. The molecule has 1 aliphatic heterocycles. The highest BCUT2D eigenvalue weighted by Crippen LogP contribution is 2.29. The maximum absolute atomic E-state index is 12.5. The molecule has 2 unspecified atom stereocenters. The van der Waals surface area contributed by atoms with Gasteiger partial charge in [0.05, 0.1) is 19.1 Å². The normalized spacial score (nSPS) is 28.4. The molecule has 17 heavy (non-hydrogen) atoms. The molecule has 1 heterocycles. The summed E-state index contributed by atoms with van der Waals surface area (Å²) in [5.41, 5.74) is 0. The highest BCUT2D eigenvalue weighted by Gasteiger charge is 2.40. The van der Waals surface area contributed by atoms with Crippen LogP contribution in [0.5, 0.6) is 0 Å². The number of hydrogen-bond donors (Lipinski definition) is 1. The zero-order valence-corrected chi connectivity index (χ0v) is 10.9. The number of carbonyl (C=O) groups is 1. The van der Waals surface area contributed by atoms with Crippen molar-refractivity contribution in [3.05, 3.63) is 0 Å². The summed E-state index contributed by atoms with van der Waals surface area (Å²) in [5.74, 6) is 0.333. The van der Waals surface area contributed by atoms with Gasteiger partial charge in [-0.3, -0.25) is 4.79 Å². The maximum Gasteiger partial charge on any atom is 0.229 e. The summed E-state index contributed by atoms with van der Waals surface area (Å²) < 4.78 is 5.46. The van der Waals surface area contributed by atoms with Crippen LogP contribution in [-0.4, -0.2) is 49.2 Å². The summed E-state index contributed by atoms with van der Waals surface area (Å²) in [5, 5.41) is 3.36. The third-order valence-electron chi connectivity index (χ3n) is 3.60. The van der Waals surface area contributed by atoms with Gasteiger partial charge in [-0.25, -0.2) is 0 Å². The minimum atomic E-state index is 0.0297. The Balaban J connectivity index is 1.96. The van der Waals surface area contributed by atoms with Gasteiger partial charge in [-0.15, -0.1) is 0 Å². The SMILES string of the molecule is CCCN(C(=O)C1COCC1NCC)C1CC1. The molecule has 4 nitrogen and oxygen atoms in total. The molecule has 0 aromatic carbocycles. The minimum absolute atomic E-state index is 0.0297. The van der Waals surface area contributed by atoms with E-state index in [-0.39, 0.29) is 12.0 Å². The van der Waals surface area contributed by atoms with Crippen LogP contribution in [0.25, 0.3) is 0 Å². The van der Waals surface area contributed by atoms with Crippen LogP contribution in [0, 0.1) is 5.92 Å². The number of nitrogens with one attached hydrogen (secondary N) is 1. The fraction of sp³-hybridized carbons (Fsp3) is 0.923. The summed E-state index contributed by atoms with van der Waals surface area (Å²) in [7, 11) is 0. The predicted molar refractivity (Wildman–Crippen MR) is 66.8 cm³/mol. The molecule has 1 saturated heterocycles. The quantitative estimate of drug-likeness (QED) is 0.753. The largest absolute Gasteiger partial charge is 0.379 e. The highest BCUT2D eigenvalue weighted by molar-refractivity contribution is 5.80. The molecule has 1 amide bonds. The molecule has 2 rings (SSSR count). The second-order valence-corrected chi connectivity index (χ2v) is 5.07. The van der Waals surface area contributed by atoms with Crippen molar-refractivity contribution in [2.45, 2.75) is 45.2 Å². The lowest BCUT2D eigenvalue weighted by molar-refractivity contribution is -0.136. The maximum atomic E-state index is 12.5. The second kappa shape index (κ2) is 5.83. The van der Waals surface area contributed by atoms with Crippen molar-refractivity contribution >= 4 is 5.91 Å². The number of carbonyl (C=O) groups excluding carboxylic acids is 1. The summed E-state index contributed by atoms with van der Waals surface area (Å²) in [6.45, 7) is 7.27. The molecule has 2 fully saturated rings. The molecule has 0 aromatic rings. The van der Waals surface area contributed by atoms with Crippen molar-refractivity contribution in [1.29, 1.82) is 0 Å². The Hall–Kier alpha value is -0.610. The van der Waals surface area contributed by atoms with Gasteiger partial charge in [0.15, 0.2) is 0 Å². The third kappa shape index (κ3) is 2.99. The summed E-state index contributed by atoms with van der Waals surface area (Å²) in [4.78, 5) is 14.6. The van der Waals surface area contributed by atoms with Crippen LogP contribution in [-0.2, 0) is 9.53 Å². The molecule has 0 radical (unpaired) electrons. The first-order valence-corrected chi connectivity index (χ1v) is 6.89. The van der Waals surface area contributed by atoms with Crippen LogP contribution < -0.4 is 5.32 Å². The molecular weight excluding hydrogens is 216 g/mol. The van der Waals surface area contributed by atoms with Crippen LogP contribution in [0.1, 0.15) is 33.1 Å². The van der Waals surface area contributed by atoms with E-state index in [1.165, 1.54) is 12.8 Å². The Kier molecular flexibility index (Phi) is 4.40. The van der Waals surface area contributed by atoms with Crippen molar-refractivity contribution in [2.75, 3.05) is 26.3 Å². The molecule has 1 aliphatic carbocycles. The number of nitrogens with zero attached hydrogens (tertiary/aromatic N) is 1. The topological polar surface area (TPSA) is 41.6 Å². The first-order valence-electron chi connectivity index (χ1n) is 6.89. The molecular formula is C13H24N2O2. The van der Waals surface area contributed by atoms with E-state index in [1.807, 2.05) is 0 Å². The number of likely N-dealkylation sites (N-methyl/N-ethyl adjacent to an activating group) is 1. The zero-order chi connectivity index (χ0) is 12.3. The van der Waals surface area contributed by atoms with Crippen LogP contribution in [0.3, 0.4) is 0 Å². The first-order chi connectivity index (χ1) is 8.27. The lowest BCUT2D eigenvalue weighted by Gasteiger charge is -2.27. The summed E-state index contributed by atoms with van der Waals surface area (Å²) in [6, 6.07) is 0.732. The summed E-state index contributed by atoms with van der Waals surface area (Å²) >= 11 is 0. The Morgan fingerprint density at radius 2 is 2.12 bits per heavy atom. The Labute approximate surface area is 104 Å². The van der Waals surface area contributed by atoms with Crippen molar-refractivity contribution in [3.63, 3.8) is 0 Å². The van der Waals surface area contributed by atoms with Gasteiger partial charge in [-0.1, -0.05) is 13.8 Å². The highest BCUT2D eigenvalue weighted by atomic mass is 16.5. The van der Waals surface area contributed by atoms with Gasteiger partial charge in [0.25, 0.3) is 0 Å². The Bertz CT molecular complexity index is 266. The van der Waals surface area contributed by atoms with E-state index in [9.17, 15) is 4.79 Å². The lowest BCUT2D eigenvalue weighted by atomic mass is 10.0. The van der Waals surface area contributed by atoms with E-state index in [2.05, 4.69) is 24.1 Å². The van der Waals surface area contributed by atoms with Gasteiger partial charge in [0.1, 0.15) is 0 Å². The summed E-state index contributed by atoms with van der Waals surface area (Å²) in [6.07, 6.45) is 3.41. The standard InChI is InChI=1S/C13H24N2O2/c1-3-7-15(10-5-6-10)13(16)11-8-17-9-12(11)14-4-2/h10-12,14H,3-9H2,1-2H3. The monoisotopic (exact) mass is 240 g/mol. The van der Waals surface area contributed by atoms with Gasteiger partial charge in [0.2, 0.25) is 5.91 Å². The van der Waals surface area contributed by atoms with Crippen LogP contribution in [0.15, 0.2) is 0 Å². The fourth-order valence-electron chi connectivity index (χ4n) is 2.57. The van der Waals surface area contributed by atoms with Crippen molar-refractivity contribution in [2.24, 2.45) is 5.92 Å². The zero-order valence-electron chi connectivity index (χ0n) is 10.9. The van der Waals surface area contributed by atoms with Gasteiger partial charge in [-0.2, -0.15) is 0 Å². The number of ether oxygens (including phenoxy) is 1. The van der Waals surface area contributed by atoms with Gasteiger partial charge < -0.3 is 15.0 Å². The number of hydrogen-bond acceptors (Lipinski definition) is 3. The third-order valence-corrected chi connectivity index (χ3v) is 3.60. The average molecular weight is 240 g/mol. The number of amides is 1. The Morgan fingerprint density at radius 3 is 2.71 bits per heavy atom. The average Bonchev–Trinajstić information content (AvgIpc) is 3.06. The van der Waals surface area contributed by atoms with E-state index in [0.717, 1.165) is 19.5 Å². The molecule has 0 bridgehead atoms. The molecule has 2 atom stereocenters. The number of rotatable bonds is 6. The van der Waals surface area contributed by atoms with Crippen LogP contribution in [0.2, 0.25) is 0 Å². The molecule has 4 heteroatoms. The van der Waals surface area contributed by atoms with E-state index in [4.69, 9.17) is 4.74 Å². The first kappa shape index (κ1) is 12.8. The van der Waals surface area contributed by atoms with Crippen LogP contribution in [0.4, 0.5) is 0 Å². The smallest absolute Gasteiger partial charge is 0.229 e. The molecule has 2 aliphatic rings. The lowest BCUT2D eigenvalue weighted by Crippen LogP contribution is -2.46. The van der Waals surface area contributed by atoms with Gasteiger partial charge in [-0.05, 0) is 25.8 Å².